The Morgan fingerprint density at radius 1 is 1.30 bits per heavy atom. The predicted octanol–water partition coefficient (Wildman–Crippen LogP) is 2.86. The summed E-state index contributed by atoms with van der Waals surface area (Å²) in [5, 5.41) is 5.04. The van der Waals surface area contributed by atoms with Gasteiger partial charge in [-0.05, 0) is 18.9 Å². The standard InChI is InChI=1S/C14H24N2O2S2/c1-11(2)15-9-13-8-14(10-19-13)20(17,18)16-12-6-4-3-5-7-12/h8,10-12,15-16H,3-7,9H2,1-2H3. The van der Waals surface area contributed by atoms with Crippen molar-refractivity contribution in [2.24, 2.45) is 0 Å². The maximum Gasteiger partial charge on any atom is 0.241 e. The number of sulfonamides is 1. The van der Waals surface area contributed by atoms with Gasteiger partial charge in [-0.1, -0.05) is 33.1 Å². The van der Waals surface area contributed by atoms with Crippen LogP contribution in [-0.2, 0) is 16.6 Å². The molecule has 0 radical (unpaired) electrons. The van der Waals surface area contributed by atoms with Crippen molar-refractivity contribution in [1.29, 1.82) is 0 Å². The second kappa shape index (κ2) is 7.02. The Balaban J connectivity index is 1.98. The maximum absolute atomic E-state index is 12.3. The second-order valence-corrected chi connectivity index (χ2v) is 8.45. The molecule has 1 fully saturated rings. The van der Waals surface area contributed by atoms with Crippen LogP contribution in [0.5, 0.6) is 0 Å². The fraction of sp³-hybridized carbons (Fsp3) is 0.714. The lowest BCUT2D eigenvalue weighted by Gasteiger charge is -2.22. The molecule has 1 heterocycles. The molecule has 2 N–H and O–H groups in total. The van der Waals surface area contributed by atoms with Gasteiger partial charge in [-0.25, -0.2) is 13.1 Å². The minimum atomic E-state index is -3.34. The molecule has 1 aromatic rings. The minimum absolute atomic E-state index is 0.117. The number of rotatable bonds is 6. The Bertz CT molecular complexity index is 517. The summed E-state index contributed by atoms with van der Waals surface area (Å²) in [7, 11) is -3.34. The van der Waals surface area contributed by atoms with Crippen LogP contribution in [0.4, 0.5) is 0 Å². The first kappa shape index (κ1) is 15.9. The Labute approximate surface area is 126 Å². The van der Waals surface area contributed by atoms with Crippen LogP contribution in [0, 0.1) is 0 Å². The van der Waals surface area contributed by atoms with Crippen LogP contribution in [0.25, 0.3) is 0 Å². The Hall–Kier alpha value is -0.430. The number of hydrogen-bond acceptors (Lipinski definition) is 4. The lowest BCUT2D eigenvalue weighted by Crippen LogP contribution is -2.35. The Morgan fingerprint density at radius 2 is 2.00 bits per heavy atom. The van der Waals surface area contributed by atoms with E-state index in [-0.39, 0.29) is 6.04 Å². The van der Waals surface area contributed by atoms with E-state index < -0.39 is 10.0 Å². The molecule has 0 unspecified atom stereocenters. The Kier molecular flexibility index (Phi) is 5.60. The monoisotopic (exact) mass is 316 g/mol. The van der Waals surface area contributed by atoms with Crippen LogP contribution in [-0.4, -0.2) is 20.5 Å². The lowest BCUT2D eigenvalue weighted by atomic mass is 9.96. The van der Waals surface area contributed by atoms with Crippen molar-refractivity contribution in [2.45, 2.75) is 69.5 Å². The zero-order chi connectivity index (χ0) is 14.6. The molecule has 1 aromatic heterocycles. The summed E-state index contributed by atoms with van der Waals surface area (Å²) in [6.45, 7) is 4.88. The molecule has 0 saturated heterocycles. The molecule has 0 spiro atoms. The second-order valence-electron chi connectivity index (χ2n) is 5.74. The van der Waals surface area contributed by atoms with E-state index in [9.17, 15) is 8.42 Å². The fourth-order valence-electron chi connectivity index (χ4n) is 2.41. The SMILES string of the molecule is CC(C)NCc1cc(S(=O)(=O)NC2CCCCC2)cs1. The first-order valence-electron chi connectivity index (χ1n) is 7.30. The molecule has 114 valence electrons. The van der Waals surface area contributed by atoms with Crippen molar-refractivity contribution in [3.63, 3.8) is 0 Å². The molecule has 6 heteroatoms. The molecule has 2 rings (SSSR count). The maximum atomic E-state index is 12.3. The van der Waals surface area contributed by atoms with Gasteiger partial charge in [0.2, 0.25) is 10.0 Å². The molecule has 0 aliphatic heterocycles. The summed E-state index contributed by atoms with van der Waals surface area (Å²) in [6, 6.07) is 2.30. The first-order chi connectivity index (χ1) is 9.47. The highest BCUT2D eigenvalue weighted by atomic mass is 32.2. The molecule has 0 bridgehead atoms. The van der Waals surface area contributed by atoms with Crippen LogP contribution in [0.1, 0.15) is 50.8 Å². The number of thiophene rings is 1. The average molecular weight is 316 g/mol. The van der Waals surface area contributed by atoms with Crippen molar-refractivity contribution >= 4 is 21.4 Å². The van der Waals surface area contributed by atoms with E-state index in [4.69, 9.17) is 0 Å². The van der Waals surface area contributed by atoms with E-state index in [0.29, 0.717) is 10.9 Å². The topological polar surface area (TPSA) is 58.2 Å². The van der Waals surface area contributed by atoms with Crippen molar-refractivity contribution in [3.05, 3.63) is 16.3 Å². The molecule has 4 nitrogen and oxygen atoms in total. The smallest absolute Gasteiger partial charge is 0.241 e. The number of hydrogen-bond donors (Lipinski definition) is 2. The zero-order valence-electron chi connectivity index (χ0n) is 12.2. The number of nitrogens with one attached hydrogen (secondary N) is 2. The highest BCUT2D eigenvalue weighted by Gasteiger charge is 2.22. The van der Waals surface area contributed by atoms with E-state index >= 15 is 0 Å². The fourth-order valence-corrected chi connectivity index (χ4v) is 4.94. The van der Waals surface area contributed by atoms with E-state index in [0.717, 1.165) is 37.1 Å². The average Bonchev–Trinajstić information content (AvgIpc) is 2.86. The molecule has 1 saturated carbocycles. The minimum Gasteiger partial charge on any atom is -0.310 e. The van der Waals surface area contributed by atoms with Crippen LogP contribution >= 0.6 is 11.3 Å². The van der Waals surface area contributed by atoms with Crippen molar-refractivity contribution < 1.29 is 8.42 Å². The third kappa shape index (κ3) is 4.55. The molecule has 20 heavy (non-hydrogen) atoms. The van der Waals surface area contributed by atoms with E-state index in [1.165, 1.54) is 17.8 Å². The predicted molar refractivity (Wildman–Crippen MR) is 83.5 cm³/mol. The van der Waals surface area contributed by atoms with E-state index in [1.54, 1.807) is 11.4 Å². The summed E-state index contributed by atoms with van der Waals surface area (Å²) in [5.41, 5.74) is 0. The summed E-state index contributed by atoms with van der Waals surface area (Å²) in [5.74, 6) is 0. The highest BCUT2D eigenvalue weighted by Crippen LogP contribution is 2.23. The highest BCUT2D eigenvalue weighted by molar-refractivity contribution is 7.89. The molecule has 1 aliphatic carbocycles. The van der Waals surface area contributed by atoms with Crippen molar-refractivity contribution in [3.8, 4) is 0 Å². The van der Waals surface area contributed by atoms with E-state index in [1.807, 2.05) is 0 Å². The summed E-state index contributed by atoms with van der Waals surface area (Å²) in [4.78, 5) is 1.47. The summed E-state index contributed by atoms with van der Waals surface area (Å²) in [6.07, 6.45) is 5.40. The molecular weight excluding hydrogens is 292 g/mol. The van der Waals surface area contributed by atoms with Crippen molar-refractivity contribution in [2.75, 3.05) is 0 Å². The van der Waals surface area contributed by atoms with Gasteiger partial charge in [0.05, 0.1) is 4.90 Å². The van der Waals surface area contributed by atoms with Gasteiger partial charge in [-0.3, -0.25) is 0 Å². The van der Waals surface area contributed by atoms with Gasteiger partial charge in [0.15, 0.2) is 0 Å². The quantitative estimate of drug-likeness (QED) is 0.848. The van der Waals surface area contributed by atoms with Crippen LogP contribution in [0.3, 0.4) is 0 Å². The summed E-state index contributed by atoms with van der Waals surface area (Å²) >= 11 is 1.50. The Morgan fingerprint density at radius 3 is 2.65 bits per heavy atom. The van der Waals surface area contributed by atoms with Crippen LogP contribution in [0.2, 0.25) is 0 Å². The molecule has 0 atom stereocenters. The van der Waals surface area contributed by atoms with Gasteiger partial charge in [-0.2, -0.15) is 0 Å². The van der Waals surface area contributed by atoms with Gasteiger partial charge in [0, 0.05) is 28.9 Å². The van der Waals surface area contributed by atoms with Gasteiger partial charge in [0.1, 0.15) is 0 Å². The molecule has 0 amide bonds. The third-order valence-electron chi connectivity index (χ3n) is 3.55. The van der Waals surface area contributed by atoms with E-state index in [2.05, 4.69) is 23.9 Å². The summed E-state index contributed by atoms with van der Waals surface area (Å²) < 4.78 is 27.5. The largest absolute Gasteiger partial charge is 0.310 e. The van der Waals surface area contributed by atoms with Gasteiger partial charge < -0.3 is 5.32 Å². The van der Waals surface area contributed by atoms with Crippen molar-refractivity contribution in [1.82, 2.24) is 10.0 Å². The zero-order valence-corrected chi connectivity index (χ0v) is 13.8. The first-order valence-corrected chi connectivity index (χ1v) is 9.67. The molecule has 0 aromatic carbocycles. The van der Waals surface area contributed by atoms with Gasteiger partial charge >= 0.3 is 0 Å². The normalized spacial score (nSPS) is 17.8. The van der Waals surface area contributed by atoms with Crippen LogP contribution in [0.15, 0.2) is 16.3 Å². The lowest BCUT2D eigenvalue weighted by molar-refractivity contribution is 0.412. The third-order valence-corrected chi connectivity index (χ3v) is 6.14. The van der Waals surface area contributed by atoms with Gasteiger partial charge in [-0.15, -0.1) is 11.3 Å². The molecular formula is C14H24N2O2S2. The van der Waals surface area contributed by atoms with Crippen LogP contribution < -0.4 is 10.0 Å². The van der Waals surface area contributed by atoms with Gasteiger partial charge in [0.25, 0.3) is 0 Å². The molecule has 1 aliphatic rings.